The van der Waals surface area contributed by atoms with Gasteiger partial charge in [-0.05, 0) is 24.3 Å². The van der Waals surface area contributed by atoms with Crippen molar-refractivity contribution in [3.05, 3.63) is 52.1 Å². The number of hydrogen-bond acceptors (Lipinski definition) is 10. The number of aliphatic carboxylic acids is 2. The van der Waals surface area contributed by atoms with Gasteiger partial charge in [-0.3, -0.25) is 24.2 Å². The Hall–Kier alpha value is -4.68. The second-order valence-corrected chi connectivity index (χ2v) is 6.65. The average molecular weight is 439 g/mol. The van der Waals surface area contributed by atoms with Gasteiger partial charge < -0.3 is 26.7 Å². The minimum atomic E-state index is -1.88. The fourth-order valence-corrected chi connectivity index (χ4v) is 2.85. The minimum absolute atomic E-state index is 0.0128. The van der Waals surface area contributed by atoms with Crippen molar-refractivity contribution in [2.24, 2.45) is 5.92 Å². The van der Waals surface area contributed by atoms with Crippen molar-refractivity contribution in [1.82, 2.24) is 19.9 Å². The Kier molecular flexibility index (Phi) is 6.19. The summed E-state index contributed by atoms with van der Waals surface area (Å²) in [5.74, 6) is -5.82. The Balaban J connectivity index is 1.71. The maximum absolute atomic E-state index is 12.5. The number of nitrogens with zero attached hydrogens (tertiary/aromatic N) is 3. The first-order valence-corrected chi connectivity index (χ1v) is 9.07. The van der Waals surface area contributed by atoms with Crippen molar-refractivity contribution >= 4 is 46.2 Å². The molecule has 3 aromatic rings. The number of hydrogen-bond donors (Lipinski definition) is 6. The highest BCUT2D eigenvalue weighted by atomic mass is 16.4. The monoisotopic (exact) mass is 439 g/mol. The average Bonchev–Trinajstić information content (AvgIpc) is 2.72. The molecule has 0 unspecified atom stereocenters. The molecule has 0 spiro atoms. The Morgan fingerprint density at radius 2 is 1.84 bits per heavy atom. The molecule has 2 heterocycles. The van der Waals surface area contributed by atoms with E-state index < -0.39 is 41.3 Å². The highest BCUT2D eigenvalue weighted by molar-refractivity contribution is 6.24. The Morgan fingerprint density at radius 1 is 1.16 bits per heavy atom. The smallest absolute Gasteiger partial charge is 0.320 e. The third kappa shape index (κ3) is 4.89. The van der Waals surface area contributed by atoms with E-state index in [1.54, 1.807) is 0 Å². The largest absolute Gasteiger partial charge is 0.481 e. The summed E-state index contributed by atoms with van der Waals surface area (Å²) in [5.41, 5.74) is 5.37. The van der Waals surface area contributed by atoms with Crippen LogP contribution in [0.25, 0.3) is 11.2 Å². The summed E-state index contributed by atoms with van der Waals surface area (Å²) in [4.78, 5) is 61.0. The van der Waals surface area contributed by atoms with Gasteiger partial charge in [0.1, 0.15) is 0 Å². The molecule has 13 heteroatoms. The van der Waals surface area contributed by atoms with Crippen LogP contribution in [0, 0.1) is 11.3 Å². The summed E-state index contributed by atoms with van der Waals surface area (Å²) in [6.07, 6.45) is 0.574. The molecule has 1 aromatic carbocycles. The Morgan fingerprint density at radius 3 is 2.47 bits per heavy atom. The molecular weight excluding hydrogens is 422 g/mol. The van der Waals surface area contributed by atoms with Crippen LogP contribution >= 0.6 is 0 Å². The summed E-state index contributed by atoms with van der Waals surface area (Å²) < 4.78 is 0. The van der Waals surface area contributed by atoms with Crippen LogP contribution in [0.5, 0.6) is 0 Å². The predicted octanol–water partition coefficient (Wildman–Crippen LogP) is 0.285. The summed E-state index contributed by atoms with van der Waals surface area (Å²) in [6.45, 7) is 0.182. The van der Waals surface area contributed by atoms with E-state index in [0.717, 1.165) is 0 Å². The van der Waals surface area contributed by atoms with Crippen LogP contribution in [0.15, 0.2) is 35.3 Å². The SMILES string of the molecule is N=C(CC(=O)O)[C@H](C(=O)O)C(=O)c1ccc(NCc2cnc3nc(N)[nH]c(=O)c3n2)cc1. The molecule has 0 fully saturated rings. The topological polar surface area (TPSA) is 225 Å². The van der Waals surface area contributed by atoms with E-state index in [-0.39, 0.29) is 29.2 Å². The van der Waals surface area contributed by atoms with Gasteiger partial charge in [-0.15, -0.1) is 0 Å². The number of carboxylic acid groups (broad SMARTS) is 2. The Labute approximate surface area is 178 Å². The second-order valence-electron chi connectivity index (χ2n) is 6.65. The number of aromatic amines is 1. The third-order valence-electron chi connectivity index (χ3n) is 4.33. The van der Waals surface area contributed by atoms with E-state index in [0.29, 0.717) is 11.4 Å². The second kappa shape index (κ2) is 8.99. The highest BCUT2D eigenvalue weighted by Gasteiger charge is 2.32. The molecule has 164 valence electrons. The lowest BCUT2D eigenvalue weighted by molar-refractivity contribution is -0.138. The van der Waals surface area contributed by atoms with Gasteiger partial charge in [-0.25, -0.2) is 9.97 Å². The maximum atomic E-state index is 12.5. The zero-order valence-corrected chi connectivity index (χ0v) is 16.3. The van der Waals surface area contributed by atoms with Crippen LogP contribution in [0.1, 0.15) is 22.5 Å². The van der Waals surface area contributed by atoms with Crippen LogP contribution < -0.4 is 16.6 Å². The van der Waals surface area contributed by atoms with E-state index >= 15 is 0 Å². The van der Waals surface area contributed by atoms with E-state index in [1.165, 1.54) is 30.5 Å². The lowest BCUT2D eigenvalue weighted by atomic mass is 9.91. The summed E-state index contributed by atoms with van der Waals surface area (Å²) in [6, 6.07) is 5.74. The molecule has 7 N–H and O–H groups in total. The number of nitrogens with one attached hydrogen (secondary N) is 3. The normalized spacial score (nSPS) is 11.6. The van der Waals surface area contributed by atoms with Crippen molar-refractivity contribution in [3.63, 3.8) is 0 Å². The number of H-pyrrole nitrogens is 1. The van der Waals surface area contributed by atoms with Gasteiger partial charge in [0.2, 0.25) is 5.95 Å². The molecule has 0 amide bonds. The number of aromatic nitrogens is 4. The van der Waals surface area contributed by atoms with E-state index in [2.05, 4.69) is 25.3 Å². The van der Waals surface area contributed by atoms with Crippen molar-refractivity contribution < 1.29 is 24.6 Å². The van der Waals surface area contributed by atoms with Crippen molar-refractivity contribution in [1.29, 1.82) is 5.41 Å². The highest BCUT2D eigenvalue weighted by Crippen LogP contribution is 2.17. The van der Waals surface area contributed by atoms with Crippen LogP contribution in [0.2, 0.25) is 0 Å². The molecule has 2 aromatic heterocycles. The molecule has 0 saturated heterocycles. The molecule has 0 saturated carbocycles. The molecule has 0 radical (unpaired) electrons. The first kappa shape index (κ1) is 22.0. The molecule has 32 heavy (non-hydrogen) atoms. The number of carboxylic acids is 2. The lowest BCUT2D eigenvalue weighted by Gasteiger charge is -2.12. The summed E-state index contributed by atoms with van der Waals surface area (Å²) in [5, 5.41) is 28.6. The number of anilines is 2. The number of nitrogens with two attached hydrogens (primary N) is 1. The fraction of sp³-hybridized carbons (Fsp3) is 0.158. The number of fused-ring (bicyclic) bond motifs is 1. The van der Waals surface area contributed by atoms with E-state index in [1.807, 2.05) is 0 Å². The quantitative estimate of drug-likeness (QED) is 0.151. The first-order chi connectivity index (χ1) is 15.2. The van der Waals surface area contributed by atoms with Gasteiger partial charge >= 0.3 is 11.9 Å². The number of nitrogen functional groups attached to an aromatic ring is 1. The van der Waals surface area contributed by atoms with Crippen LogP contribution in [-0.2, 0) is 16.1 Å². The van der Waals surface area contributed by atoms with Gasteiger partial charge in [0.05, 0.1) is 24.9 Å². The molecule has 0 bridgehead atoms. The van der Waals surface area contributed by atoms with Gasteiger partial charge in [0, 0.05) is 17.0 Å². The number of carbonyl (C=O) groups excluding carboxylic acids is 1. The van der Waals surface area contributed by atoms with Gasteiger partial charge in [0.25, 0.3) is 5.56 Å². The zero-order valence-electron chi connectivity index (χ0n) is 16.3. The van der Waals surface area contributed by atoms with Crippen molar-refractivity contribution in [2.75, 3.05) is 11.1 Å². The van der Waals surface area contributed by atoms with Crippen LogP contribution in [-0.4, -0.2) is 53.6 Å². The summed E-state index contributed by atoms with van der Waals surface area (Å²) in [7, 11) is 0. The Bertz CT molecular complexity index is 1290. The molecule has 13 nitrogen and oxygen atoms in total. The van der Waals surface area contributed by atoms with Crippen LogP contribution in [0.4, 0.5) is 11.6 Å². The molecule has 0 aliphatic carbocycles. The standard InChI is InChI=1S/C19H17N7O6/c20-11(5-12(27)28)13(18(31)32)15(29)8-1-3-9(4-2-8)22-6-10-7-23-16-14(24-10)17(30)26-19(21)25-16/h1-4,7,13,20,22H,5-6H2,(H,27,28)(H,31,32)(H3,21,23,25,26,30)/t13-/m0/s1. The number of carbonyl (C=O) groups is 3. The van der Waals surface area contributed by atoms with Crippen molar-refractivity contribution in [3.8, 4) is 0 Å². The minimum Gasteiger partial charge on any atom is -0.481 e. The third-order valence-corrected chi connectivity index (χ3v) is 4.33. The molecule has 0 aliphatic rings. The lowest BCUT2D eigenvalue weighted by Crippen LogP contribution is -2.32. The maximum Gasteiger partial charge on any atom is 0.320 e. The predicted molar refractivity (Wildman–Crippen MR) is 112 cm³/mol. The van der Waals surface area contributed by atoms with Crippen molar-refractivity contribution in [2.45, 2.75) is 13.0 Å². The first-order valence-electron chi connectivity index (χ1n) is 9.07. The van der Waals surface area contributed by atoms with Crippen LogP contribution in [0.3, 0.4) is 0 Å². The van der Waals surface area contributed by atoms with Gasteiger partial charge in [0.15, 0.2) is 22.9 Å². The van der Waals surface area contributed by atoms with Gasteiger partial charge in [-0.2, -0.15) is 4.98 Å². The molecule has 1 atom stereocenters. The molecule has 3 rings (SSSR count). The summed E-state index contributed by atoms with van der Waals surface area (Å²) >= 11 is 0. The number of benzene rings is 1. The number of ketones is 1. The molecule has 0 aliphatic heterocycles. The number of rotatable bonds is 9. The fourth-order valence-electron chi connectivity index (χ4n) is 2.85. The number of Topliss-reactive ketones (excluding diaryl/α,β-unsaturated/α-hetero) is 1. The molecular formula is C19H17N7O6. The zero-order chi connectivity index (χ0) is 23.4. The van der Waals surface area contributed by atoms with E-state index in [9.17, 15) is 24.3 Å². The van der Waals surface area contributed by atoms with Gasteiger partial charge in [-0.1, -0.05) is 0 Å². The van der Waals surface area contributed by atoms with E-state index in [4.69, 9.17) is 16.2 Å².